The molecule has 5 nitrogen and oxygen atoms in total. The van der Waals surface area contributed by atoms with Gasteiger partial charge in [-0.3, -0.25) is 0 Å². The first-order valence-electron chi connectivity index (χ1n) is 8.93. The van der Waals surface area contributed by atoms with Crippen molar-refractivity contribution in [3.05, 3.63) is 0 Å². The van der Waals surface area contributed by atoms with Crippen molar-refractivity contribution in [2.24, 2.45) is 11.8 Å². The van der Waals surface area contributed by atoms with Gasteiger partial charge in [0, 0.05) is 13.0 Å². The summed E-state index contributed by atoms with van der Waals surface area (Å²) in [4.78, 5) is 10.5. The molecule has 0 aliphatic heterocycles. The molecule has 0 radical (unpaired) electrons. The molecule has 0 aromatic carbocycles. The van der Waals surface area contributed by atoms with Gasteiger partial charge in [-0.1, -0.05) is 6.92 Å². The number of carbonyl (C=O) groups excluding carboxylic acids is 1. The van der Waals surface area contributed by atoms with Gasteiger partial charge < -0.3 is 9.90 Å². The Kier molecular flexibility index (Phi) is 10.1. The second-order valence-electron chi connectivity index (χ2n) is 7.12. The lowest BCUT2D eigenvalue weighted by Crippen LogP contribution is -2.55. The molecule has 0 heterocycles. The summed E-state index contributed by atoms with van der Waals surface area (Å²) in [6.45, 7) is -0.932. The van der Waals surface area contributed by atoms with Crippen LogP contribution in [0.4, 0.5) is 57.1 Å². The molecule has 0 bridgehead atoms. The van der Waals surface area contributed by atoms with Crippen LogP contribution >= 0.6 is 0 Å². The van der Waals surface area contributed by atoms with E-state index in [4.69, 9.17) is 0 Å². The van der Waals surface area contributed by atoms with Crippen molar-refractivity contribution in [1.29, 1.82) is 0 Å². The van der Waals surface area contributed by atoms with E-state index in [9.17, 15) is 75.4 Å². The summed E-state index contributed by atoms with van der Waals surface area (Å²) in [7, 11) is -4.88. The van der Waals surface area contributed by atoms with Gasteiger partial charge in [0.15, 0.2) is 0 Å². The van der Waals surface area contributed by atoms with Gasteiger partial charge in [-0.25, -0.2) is 12.8 Å². The summed E-state index contributed by atoms with van der Waals surface area (Å²) >= 11 is 0. The number of carboxylic acids is 1. The Hall–Kier alpha value is -1.53. The van der Waals surface area contributed by atoms with Crippen LogP contribution in [0.25, 0.3) is 0 Å². The molecule has 0 rings (SSSR count). The summed E-state index contributed by atoms with van der Waals surface area (Å²) in [6, 6.07) is 0. The summed E-state index contributed by atoms with van der Waals surface area (Å²) in [5.41, 5.74) is -6.50. The molecule has 0 aliphatic rings. The standard InChI is InChI=1S/C15H18F13NO4S/c1-2-29(7-10(30)31)34(32,33)4-3-8(12(17,18)19)5-9(13(20,21)22)6-11(16,14(23,24)25)15(26,27)28/h8-9H,2-7H2,1H3,(H,30,31)/p-1. The highest BCUT2D eigenvalue weighted by Gasteiger charge is 2.74. The van der Waals surface area contributed by atoms with Crippen LogP contribution in [0.15, 0.2) is 0 Å². The topological polar surface area (TPSA) is 77.5 Å². The van der Waals surface area contributed by atoms with Crippen molar-refractivity contribution < 1.29 is 75.4 Å². The van der Waals surface area contributed by atoms with E-state index in [1.807, 2.05) is 0 Å². The average Bonchev–Trinajstić information content (AvgIpc) is 2.57. The van der Waals surface area contributed by atoms with E-state index in [0.29, 0.717) is 0 Å². The van der Waals surface area contributed by atoms with Crippen LogP contribution in [0.2, 0.25) is 0 Å². The van der Waals surface area contributed by atoms with E-state index in [0.717, 1.165) is 6.92 Å². The minimum atomic E-state index is -6.96. The third kappa shape index (κ3) is 8.60. The Bertz CT molecular complexity index is 772. The van der Waals surface area contributed by atoms with E-state index < -0.39 is 96.3 Å². The number of rotatable bonds is 11. The number of nitrogens with zero attached hydrogens (tertiary/aromatic N) is 1. The Morgan fingerprint density at radius 2 is 1.24 bits per heavy atom. The molecule has 0 aliphatic carbocycles. The summed E-state index contributed by atoms with van der Waals surface area (Å²) in [5, 5.41) is 10.5. The molecule has 0 aromatic heterocycles. The zero-order chi connectivity index (χ0) is 27.6. The number of halogens is 13. The van der Waals surface area contributed by atoms with Gasteiger partial charge in [0.2, 0.25) is 10.0 Å². The SMILES string of the molecule is CCN(CC(=O)[O-])S(=O)(=O)CCC(CC(CC(F)(C(F)(F)F)C(F)(F)F)C(F)(F)F)C(F)(F)F. The normalized spacial score (nSPS) is 16.6. The number of hydrogen-bond donors (Lipinski definition) is 0. The molecule has 2 unspecified atom stereocenters. The summed E-state index contributed by atoms with van der Waals surface area (Å²) < 4.78 is 193. The van der Waals surface area contributed by atoms with Crippen molar-refractivity contribution in [1.82, 2.24) is 4.31 Å². The predicted octanol–water partition coefficient (Wildman–Crippen LogP) is 3.75. The number of aliphatic carboxylic acids is 1. The number of sulfonamides is 1. The lowest BCUT2D eigenvalue weighted by Gasteiger charge is -2.35. The molecule has 0 saturated heterocycles. The fourth-order valence-electron chi connectivity index (χ4n) is 2.79. The van der Waals surface area contributed by atoms with Crippen LogP contribution in [-0.4, -0.2) is 67.9 Å². The van der Waals surface area contributed by atoms with Gasteiger partial charge >= 0.3 is 24.7 Å². The number of alkyl halides is 13. The van der Waals surface area contributed by atoms with Gasteiger partial charge in [-0.15, -0.1) is 0 Å². The van der Waals surface area contributed by atoms with Crippen LogP contribution in [0.5, 0.6) is 0 Å². The number of likely N-dealkylation sites (N-methyl/N-ethyl adjacent to an activating group) is 1. The maximum atomic E-state index is 13.8. The van der Waals surface area contributed by atoms with Gasteiger partial charge in [0.05, 0.1) is 30.1 Å². The Labute approximate surface area is 183 Å². The molecule has 0 saturated carbocycles. The van der Waals surface area contributed by atoms with Gasteiger partial charge in [-0.05, 0) is 12.8 Å². The molecule has 204 valence electrons. The minimum Gasteiger partial charge on any atom is -0.549 e. The molecule has 0 aromatic rings. The minimum absolute atomic E-state index is 0.0803. The fraction of sp³-hybridized carbons (Fsp3) is 0.933. The molecule has 19 heteroatoms. The zero-order valence-corrected chi connectivity index (χ0v) is 17.6. The number of carboxylic acid groups (broad SMARTS) is 1. The lowest BCUT2D eigenvalue weighted by atomic mass is 9.83. The molecular weight excluding hydrogens is 537 g/mol. The maximum Gasteiger partial charge on any atom is 0.431 e. The highest BCUT2D eigenvalue weighted by atomic mass is 32.2. The van der Waals surface area contributed by atoms with Crippen molar-refractivity contribution in [3.8, 4) is 0 Å². The molecule has 2 atom stereocenters. The van der Waals surface area contributed by atoms with E-state index in [1.165, 1.54) is 0 Å². The second-order valence-corrected chi connectivity index (χ2v) is 9.20. The van der Waals surface area contributed by atoms with Crippen LogP contribution in [0.3, 0.4) is 0 Å². The quantitative estimate of drug-likeness (QED) is 0.365. The van der Waals surface area contributed by atoms with E-state index >= 15 is 0 Å². The first kappa shape index (κ1) is 32.5. The van der Waals surface area contributed by atoms with Crippen molar-refractivity contribution in [2.45, 2.75) is 56.6 Å². The van der Waals surface area contributed by atoms with Crippen LogP contribution < -0.4 is 5.11 Å². The first-order valence-corrected chi connectivity index (χ1v) is 10.5. The highest BCUT2D eigenvalue weighted by Crippen LogP contribution is 2.53. The molecule has 0 spiro atoms. The Morgan fingerprint density at radius 1 is 0.824 bits per heavy atom. The average molecular weight is 554 g/mol. The van der Waals surface area contributed by atoms with E-state index in [2.05, 4.69) is 0 Å². The monoisotopic (exact) mass is 554 g/mol. The van der Waals surface area contributed by atoms with Crippen LogP contribution in [0, 0.1) is 11.8 Å². The third-order valence-corrected chi connectivity index (χ3v) is 6.62. The van der Waals surface area contributed by atoms with Crippen molar-refractivity contribution >= 4 is 16.0 Å². The Balaban J connectivity index is 6.07. The van der Waals surface area contributed by atoms with Crippen LogP contribution in [-0.2, 0) is 14.8 Å². The molecule has 34 heavy (non-hydrogen) atoms. The zero-order valence-electron chi connectivity index (χ0n) is 16.8. The second kappa shape index (κ2) is 10.6. The maximum absolute atomic E-state index is 13.8. The van der Waals surface area contributed by atoms with Crippen LogP contribution in [0.1, 0.15) is 26.2 Å². The van der Waals surface area contributed by atoms with E-state index in [1.54, 1.807) is 0 Å². The van der Waals surface area contributed by atoms with Crippen molar-refractivity contribution in [3.63, 3.8) is 0 Å². The first-order chi connectivity index (χ1) is 14.8. The lowest BCUT2D eigenvalue weighted by molar-refractivity contribution is -0.353. The summed E-state index contributed by atoms with van der Waals surface area (Å²) in [5.74, 6) is -11.2. The summed E-state index contributed by atoms with van der Waals surface area (Å²) in [6.07, 6.45) is -33.7. The Morgan fingerprint density at radius 3 is 1.53 bits per heavy atom. The molecule has 0 amide bonds. The number of hydrogen-bond acceptors (Lipinski definition) is 4. The van der Waals surface area contributed by atoms with Gasteiger partial charge in [0.25, 0.3) is 5.67 Å². The predicted molar refractivity (Wildman–Crippen MR) is 84.9 cm³/mol. The highest BCUT2D eigenvalue weighted by molar-refractivity contribution is 7.89. The largest absolute Gasteiger partial charge is 0.549 e. The molecular formula is C15H17F13NO4S-. The van der Waals surface area contributed by atoms with Crippen molar-refractivity contribution in [2.75, 3.05) is 18.8 Å². The fourth-order valence-corrected chi connectivity index (χ4v) is 4.33. The molecule has 0 fully saturated rings. The van der Waals surface area contributed by atoms with Gasteiger partial charge in [-0.2, -0.15) is 57.0 Å². The van der Waals surface area contributed by atoms with Gasteiger partial charge in [0.1, 0.15) is 0 Å². The third-order valence-electron chi connectivity index (χ3n) is 4.70. The molecule has 0 N–H and O–H groups in total. The van der Waals surface area contributed by atoms with E-state index in [-0.39, 0.29) is 4.31 Å². The number of carbonyl (C=O) groups is 1. The smallest absolute Gasteiger partial charge is 0.431 e.